The van der Waals surface area contributed by atoms with Gasteiger partial charge in [-0.2, -0.15) is 11.8 Å². The second-order valence-corrected chi connectivity index (χ2v) is 7.99. The Morgan fingerprint density at radius 3 is 2.88 bits per heavy atom. The Bertz CT molecular complexity index is 738. The molecule has 1 aliphatic rings. The largest absolute Gasteiger partial charge is 0.322 e. The van der Waals surface area contributed by atoms with Crippen LogP contribution in [0.5, 0.6) is 0 Å². The molecule has 0 saturated carbocycles. The van der Waals surface area contributed by atoms with E-state index in [0.717, 1.165) is 46.9 Å². The number of para-hydroxylation sites is 1. The second kappa shape index (κ2) is 8.34. The first-order chi connectivity index (χ1) is 11.6. The maximum Gasteiger partial charge on any atom is 0.258 e. The Hall–Kier alpha value is -1.08. The molecule has 2 aromatic rings. The van der Waals surface area contributed by atoms with Gasteiger partial charge in [0.05, 0.1) is 5.56 Å². The monoisotopic (exact) mass is 425 g/mol. The molecule has 0 unspecified atom stereocenters. The summed E-state index contributed by atoms with van der Waals surface area (Å²) in [7, 11) is 0. The zero-order valence-corrected chi connectivity index (χ0v) is 16.1. The number of carbonyl (C=O) groups is 1. The molecule has 3 rings (SSSR count). The van der Waals surface area contributed by atoms with Crippen molar-refractivity contribution in [1.82, 2.24) is 9.88 Å². The second-order valence-electron chi connectivity index (χ2n) is 5.49. The van der Waals surface area contributed by atoms with E-state index in [2.05, 4.69) is 37.2 Å². The highest BCUT2D eigenvalue weighted by Crippen LogP contribution is 2.23. The van der Waals surface area contributed by atoms with E-state index in [9.17, 15) is 4.79 Å². The molecule has 24 heavy (non-hydrogen) atoms. The van der Waals surface area contributed by atoms with Crippen molar-refractivity contribution in [3.05, 3.63) is 57.3 Å². The number of nitrogens with one attached hydrogen (secondary N) is 1. The molecule has 1 saturated heterocycles. The summed E-state index contributed by atoms with van der Waals surface area (Å²) in [6.07, 6.45) is 1.57. The van der Waals surface area contributed by atoms with Gasteiger partial charge in [-0.1, -0.05) is 29.8 Å². The molecule has 1 N–H and O–H groups in total. The lowest BCUT2D eigenvalue weighted by Gasteiger charge is -2.27. The number of benzene rings is 1. The number of rotatable bonds is 4. The Balaban J connectivity index is 1.77. The van der Waals surface area contributed by atoms with Gasteiger partial charge in [0, 0.05) is 47.5 Å². The fourth-order valence-electron chi connectivity index (χ4n) is 2.55. The Morgan fingerprint density at radius 2 is 2.08 bits per heavy atom. The molecule has 0 aliphatic carbocycles. The number of halogens is 2. The van der Waals surface area contributed by atoms with Gasteiger partial charge >= 0.3 is 0 Å². The number of nitrogens with zero attached hydrogens (tertiary/aromatic N) is 2. The molecule has 0 radical (unpaired) electrons. The lowest BCUT2D eigenvalue weighted by Crippen LogP contribution is -2.32. The van der Waals surface area contributed by atoms with Crippen molar-refractivity contribution in [2.45, 2.75) is 6.54 Å². The maximum atomic E-state index is 12.6. The summed E-state index contributed by atoms with van der Waals surface area (Å²) in [5.74, 6) is 2.07. The molecule has 0 bridgehead atoms. The predicted molar refractivity (Wildman–Crippen MR) is 104 cm³/mol. The number of aromatic nitrogens is 1. The van der Waals surface area contributed by atoms with Gasteiger partial charge in [0.2, 0.25) is 0 Å². The molecule has 126 valence electrons. The van der Waals surface area contributed by atoms with Crippen LogP contribution in [0.15, 0.2) is 41.0 Å². The minimum Gasteiger partial charge on any atom is -0.322 e. The molecule has 0 atom stereocenters. The smallest absolute Gasteiger partial charge is 0.258 e. The highest BCUT2D eigenvalue weighted by atomic mass is 79.9. The topological polar surface area (TPSA) is 45.2 Å². The van der Waals surface area contributed by atoms with Gasteiger partial charge in [-0.15, -0.1) is 0 Å². The van der Waals surface area contributed by atoms with E-state index in [4.69, 9.17) is 11.6 Å². The summed E-state index contributed by atoms with van der Waals surface area (Å²) in [6.45, 7) is 2.99. The van der Waals surface area contributed by atoms with Crippen LogP contribution >= 0.6 is 39.3 Å². The van der Waals surface area contributed by atoms with E-state index in [0.29, 0.717) is 5.56 Å². The first kappa shape index (κ1) is 17.7. The van der Waals surface area contributed by atoms with Crippen molar-refractivity contribution in [3.8, 4) is 0 Å². The molecule has 0 spiro atoms. The van der Waals surface area contributed by atoms with Crippen molar-refractivity contribution >= 4 is 50.9 Å². The maximum absolute atomic E-state index is 12.6. The SMILES string of the molecule is O=C(Nc1ccccc1CN1CCSCC1)c1cc(Br)cnc1Cl. The molecule has 4 nitrogen and oxygen atoms in total. The van der Waals surface area contributed by atoms with E-state index in [1.807, 2.05) is 30.0 Å². The average Bonchev–Trinajstić information content (AvgIpc) is 2.59. The minimum atomic E-state index is -0.254. The van der Waals surface area contributed by atoms with E-state index in [1.54, 1.807) is 12.3 Å². The third kappa shape index (κ3) is 4.51. The Labute approximate surface area is 159 Å². The quantitative estimate of drug-likeness (QED) is 0.741. The third-order valence-corrected chi connectivity index (χ3v) is 5.49. The first-order valence-corrected chi connectivity index (χ1v) is 9.96. The molecular formula is C17H17BrClN3OS. The van der Waals surface area contributed by atoms with Gasteiger partial charge < -0.3 is 5.32 Å². The summed E-state index contributed by atoms with van der Waals surface area (Å²) < 4.78 is 0.719. The zero-order chi connectivity index (χ0) is 16.9. The standard InChI is InChI=1S/C17H17BrClN3OS/c18-13-9-14(16(19)20-10-13)17(23)21-15-4-2-1-3-12(15)11-22-5-7-24-8-6-22/h1-4,9-10H,5-8,11H2,(H,21,23). The van der Waals surface area contributed by atoms with Gasteiger partial charge in [0.25, 0.3) is 5.91 Å². The molecule has 1 aromatic carbocycles. The molecule has 1 aliphatic heterocycles. The zero-order valence-electron chi connectivity index (χ0n) is 13.0. The van der Waals surface area contributed by atoms with Crippen LogP contribution in [-0.2, 0) is 6.54 Å². The lowest BCUT2D eigenvalue weighted by molar-refractivity contribution is 0.102. The summed E-state index contributed by atoms with van der Waals surface area (Å²) in [6, 6.07) is 9.57. The number of hydrogen-bond donors (Lipinski definition) is 1. The molecule has 7 heteroatoms. The van der Waals surface area contributed by atoms with Crippen molar-refractivity contribution in [3.63, 3.8) is 0 Å². The van der Waals surface area contributed by atoms with Gasteiger partial charge in [-0.05, 0) is 33.6 Å². The molecule has 1 fully saturated rings. The van der Waals surface area contributed by atoms with E-state index >= 15 is 0 Å². The molecular weight excluding hydrogens is 410 g/mol. The number of anilines is 1. The summed E-state index contributed by atoms with van der Waals surface area (Å²) in [5.41, 5.74) is 2.28. The van der Waals surface area contributed by atoms with Gasteiger partial charge in [0.15, 0.2) is 0 Å². The van der Waals surface area contributed by atoms with Crippen molar-refractivity contribution in [2.75, 3.05) is 29.9 Å². The van der Waals surface area contributed by atoms with Crippen LogP contribution in [0.3, 0.4) is 0 Å². The highest BCUT2D eigenvalue weighted by Gasteiger charge is 2.16. The minimum absolute atomic E-state index is 0.196. The van der Waals surface area contributed by atoms with Crippen LogP contribution in [0.25, 0.3) is 0 Å². The van der Waals surface area contributed by atoms with Crippen LogP contribution in [0.4, 0.5) is 5.69 Å². The summed E-state index contributed by atoms with van der Waals surface area (Å²) in [4.78, 5) is 19.0. The number of carbonyl (C=O) groups excluding carboxylic acids is 1. The van der Waals surface area contributed by atoms with Crippen LogP contribution in [0.1, 0.15) is 15.9 Å². The fraction of sp³-hybridized carbons (Fsp3) is 0.294. The number of amides is 1. The summed E-state index contributed by atoms with van der Waals surface area (Å²) >= 11 is 11.4. The van der Waals surface area contributed by atoms with Crippen LogP contribution in [0, 0.1) is 0 Å². The Kier molecular flexibility index (Phi) is 6.16. The normalized spacial score (nSPS) is 15.2. The number of hydrogen-bond acceptors (Lipinski definition) is 4. The van der Waals surface area contributed by atoms with E-state index < -0.39 is 0 Å². The molecule has 2 heterocycles. The third-order valence-electron chi connectivity index (χ3n) is 3.81. The molecule has 1 amide bonds. The lowest BCUT2D eigenvalue weighted by atomic mass is 10.1. The van der Waals surface area contributed by atoms with Gasteiger partial charge in [-0.25, -0.2) is 4.98 Å². The van der Waals surface area contributed by atoms with Gasteiger partial charge in [-0.3, -0.25) is 9.69 Å². The van der Waals surface area contributed by atoms with Crippen LogP contribution < -0.4 is 5.32 Å². The number of pyridine rings is 1. The van der Waals surface area contributed by atoms with Crippen molar-refractivity contribution < 1.29 is 4.79 Å². The fourth-order valence-corrected chi connectivity index (χ4v) is 4.05. The van der Waals surface area contributed by atoms with Gasteiger partial charge in [0.1, 0.15) is 5.15 Å². The van der Waals surface area contributed by atoms with E-state index in [1.165, 1.54) is 0 Å². The van der Waals surface area contributed by atoms with Crippen molar-refractivity contribution in [2.24, 2.45) is 0 Å². The summed E-state index contributed by atoms with van der Waals surface area (Å²) in [5, 5.41) is 3.16. The highest BCUT2D eigenvalue weighted by molar-refractivity contribution is 9.10. The average molecular weight is 427 g/mol. The van der Waals surface area contributed by atoms with Crippen LogP contribution in [0.2, 0.25) is 5.15 Å². The van der Waals surface area contributed by atoms with E-state index in [-0.39, 0.29) is 11.1 Å². The number of thioether (sulfide) groups is 1. The molecule has 1 aromatic heterocycles. The predicted octanol–water partition coefficient (Wildman–Crippen LogP) is 4.30. The Morgan fingerprint density at radius 1 is 1.33 bits per heavy atom. The van der Waals surface area contributed by atoms with Crippen molar-refractivity contribution in [1.29, 1.82) is 0 Å². The van der Waals surface area contributed by atoms with Crippen LogP contribution in [-0.4, -0.2) is 40.4 Å². The first-order valence-electron chi connectivity index (χ1n) is 7.64.